The Morgan fingerprint density at radius 2 is 1.70 bits per heavy atom. The molecule has 0 unspecified atom stereocenters. The van der Waals surface area contributed by atoms with Gasteiger partial charge in [0.05, 0.1) is 28.9 Å². The molecule has 0 atom stereocenters. The molecule has 4 aromatic rings. The number of aromatic nitrogens is 1. The molecule has 0 N–H and O–H groups in total. The topological polar surface area (TPSA) is 48.4 Å². The van der Waals surface area contributed by atoms with E-state index in [1.807, 2.05) is 49.4 Å². The lowest BCUT2D eigenvalue weighted by atomic mass is 10.0. The Morgan fingerprint density at radius 3 is 2.40 bits per heavy atom. The zero-order chi connectivity index (χ0) is 21.3. The summed E-state index contributed by atoms with van der Waals surface area (Å²) in [5.41, 5.74) is 3.63. The first-order chi connectivity index (χ1) is 14.4. The van der Waals surface area contributed by atoms with Crippen molar-refractivity contribution in [2.24, 2.45) is 0 Å². The van der Waals surface area contributed by atoms with E-state index in [0.29, 0.717) is 27.2 Å². The van der Waals surface area contributed by atoms with Gasteiger partial charge in [-0.15, -0.1) is 0 Å². The highest BCUT2D eigenvalue weighted by Crippen LogP contribution is 2.31. The number of carbonyl (C=O) groups is 1. The van der Waals surface area contributed by atoms with Crippen LogP contribution >= 0.6 is 23.2 Å². The molecule has 30 heavy (non-hydrogen) atoms. The Labute approximate surface area is 184 Å². The Hall–Kier alpha value is -3.08. The van der Waals surface area contributed by atoms with Gasteiger partial charge in [-0.05, 0) is 67.6 Å². The zero-order valence-corrected chi connectivity index (χ0v) is 17.8. The second-order valence-electron chi connectivity index (χ2n) is 6.77. The predicted molar refractivity (Wildman–Crippen MR) is 120 cm³/mol. The summed E-state index contributed by atoms with van der Waals surface area (Å²) in [6.07, 6.45) is 0. The molecule has 4 rings (SSSR count). The van der Waals surface area contributed by atoms with Crippen LogP contribution < -0.4 is 9.47 Å². The van der Waals surface area contributed by atoms with E-state index in [1.54, 1.807) is 25.3 Å². The molecular formula is C24H17Cl2NO3. The minimum Gasteiger partial charge on any atom is -0.497 e. The predicted octanol–water partition coefficient (Wildman–Crippen LogP) is 6.74. The van der Waals surface area contributed by atoms with Crippen molar-refractivity contribution in [1.82, 2.24) is 4.98 Å². The van der Waals surface area contributed by atoms with Gasteiger partial charge in [-0.3, -0.25) is 0 Å². The molecule has 4 nitrogen and oxygen atoms in total. The highest BCUT2D eigenvalue weighted by molar-refractivity contribution is 6.35. The first kappa shape index (κ1) is 20.2. The fourth-order valence-corrected chi connectivity index (χ4v) is 3.58. The second-order valence-corrected chi connectivity index (χ2v) is 7.61. The van der Waals surface area contributed by atoms with E-state index in [2.05, 4.69) is 0 Å². The maximum absolute atomic E-state index is 13.1. The van der Waals surface area contributed by atoms with E-state index < -0.39 is 5.97 Å². The highest BCUT2D eigenvalue weighted by atomic mass is 35.5. The number of pyridine rings is 1. The van der Waals surface area contributed by atoms with Crippen LogP contribution in [0, 0.1) is 6.92 Å². The van der Waals surface area contributed by atoms with Gasteiger partial charge in [0, 0.05) is 16.0 Å². The van der Waals surface area contributed by atoms with Gasteiger partial charge in [0.25, 0.3) is 0 Å². The van der Waals surface area contributed by atoms with E-state index in [-0.39, 0.29) is 10.8 Å². The molecule has 0 saturated heterocycles. The standard InChI is InChI=1S/C24H17Cl2NO3/c1-14-3-9-21-18(11-14)19(24(28)30-23-10-6-16(25)12-20(23)26)13-22(27-21)15-4-7-17(29-2)8-5-15/h3-13H,1-2H3. The smallest absolute Gasteiger partial charge is 0.344 e. The Bertz CT molecular complexity index is 1250. The SMILES string of the molecule is COc1ccc(-c2cc(C(=O)Oc3ccc(Cl)cc3Cl)c3cc(C)ccc3n2)cc1. The van der Waals surface area contributed by atoms with Crippen molar-refractivity contribution in [3.8, 4) is 22.8 Å². The summed E-state index contributed by atoms with van der Waals surface area (Å²) in [7, 11) is 1.61. The van der Waals surface area contributed by atoms with E-state index in [4.69, 9.17) is 37.7 Å². The first-order valence-electron chi connectivity index (χ1n) is 9.17. The molecule has 150 valence electrons. The molecule has 0 aliphatic heterocycles. The van der Waals surface area contributed by atoms with E-state index in [0.717, 1.165) is 16.9 Å². The molecule has 0 fully saturated rings. The minimum atomic E-state index is -0.521. The highest BCUT2D eigenvalue weighted by Gasteiger charge is 2.18. The van der Waals surface area contributed by atoms with Crippen LogP contribution in [0.1, 0.15) is 15.9 Å². The van der Waals surface area contributed by atoms with Crippen LogP contribution in [0.5, 0.6) is 11.5 Å². The molecule has 0 saturated carbocycles. The molecule has 0 bridgehead atoms. The maximum atomic E-state index is 13.1. The van der Waals surface area contributed by atoms with Gasteiger partial charge < -0.3 is 9.47 Å². The number of halogens is 2. The number of ether oxygens (including phenoxy) is 2. The van der Waals surface area contributed by atoms with Gasteiger partial charge in [0.2, 0.25) is 0 Å². The van der Waals surface area contributed by atoms with E-state index in [1.165, 1.54) is 6.07 Å². The number of fused-ring (bicyclic) bond motifs is 1. The number of benzene rings is 3. The van der Waals surface area contributed by atoms with Crippen LogP contribution in [0.15, 0.2) is 66.7 Å². The molecule has 6 heteroatoms. The summed E-state index contributed by atoms with van der Waals surface area (Å²) < 4.78 is 10.8. The third kappa shape index (κ3) is 4.11. The average Bonchev–Trinajstić information content (AvgIpc) is 2.75. The van der Waals surface area contributed by atoms with E-state index >= 15 is 0 Å². The first-order valence-corrected chi connectivity index (χ1v) is 9.93. The number of methoxy groups -OCH3 is 1. The lowest BCUT2D eigenvalue weighted by molar-refractivity contribution is 0.0737. The summed E-state index contributed by atoms with van der Waals surface area (Å²) in [5.74, 6) is 0.467. The number of hydrogen-bond acceptors (Lipinski definition) is 4. The van der Waals surface area contributed by atoms with Crippen molar-refractivity contribution >= 4 is 40.1 Å². The summed E-state index contributed by atoms with van der Waals surface area (Å²) >= 11 is 12.1. The number of hydrogen-bond donors (Lipinski definition) is 0. The van der Waals surface area contributed by atoms with Gasteiger partial charge in [-0.2, -0.15) is 0 Å². The monoisotopic (exact) mass is 437 g/mol. The van der Waals surface area contributed by atoms with Gasteiger partial charge in [0.1, 0.15) is 11.5 Å². The van der Waals surface area contributed by atoms with Crippen molar-refractivity contribution < 1.29 is 14.3 Å². The lowest BCUT2D eigenvalue weighted by Gasteiger charge is -2.12. The lowest BCUT2D eigenvalue weighted by Crippen LogP contribution is -2.10. The van der Waals surface area contributed by atoms with Gasteiger partial charge in [0.15, 0.2) is 0 Å². The van der Waals surface area contributed by atoms with Gasteiger partial charge >= 0.3 is 5.97 Å². The maximum Gasteiger partial charge on any atom is 0.344 e. The van der Waals surface area contributed by atoms with Crippen molar-refractivity contribution in [3.05, 3.63) is 87.9 Å². The van der Waals surface area contributed by atoms with Crippen molar-refractivity contribution in [2.75, 3.05) is 7.11 Å². The number of aryl methyl sites for hydroxylation is 1. The zero-order valence-electron chi connectivity index (χ0n) is 16.3. The summed E-state index contributed by atoms with van der Waals surface area (Å²) in [5, 5.41) is 1.44. The molecular weight excluding hydrogens is 421 g/mol. The van der Waals surface area contributed by atoms with Crippen molar-refractivity contribution in [2.45, 2.75) is 6.92 Å². The quantitative estimate of drug-likeness (QED) is 0.261. The molecule has 1 heterocycles. The summed E-state index contributed by atoms with van der Waals surface area (Å²) in [4.78, 5) is 17.8. The fraction of sp³-hybridized carbons (Fsp3) is 0.0833. The van der Waals surface area contributed by atoms with E-state index in [9.17, 15) is 4.79 Å². The van der Waals surface area contributed by atoms with Crippen LogP contribution in [0.2, 0.25) is 10.0 Å². The van der Waals surface area contributed by atoms with Crippen molar-refractivity contribution in [3.63, 3.8) is 0 Å². The number of carbonyl (C=O) groups excluding carboxylic acids is 1. The average molecular weight is 438 g/mol. The van der Waals surface area contributed by atoms with Gasteiger partial charge in [-0.1, -0.05) is 34.8 Å². The number of esters is 1. The molecule has 0 aliphatic rings. The Kier molecular flexibility index (Phi) is 5.62. The largest absolute Gasteiger partial charge is 0.497 e. The third-order valence-electron chi connectivity index (χ3n) is 4.67. The fourth-order valence-electron chi connectivity index (χ4n) is 3.13. The minimum absolute atomic E-state index is 0.245. The van der Waals surface area contributed by atoms with Crippen LogP contribution in [0.4, 0.5) is 0 Å². The Morgan fingerprint density at radius 1 is 0.933 bits per heavy atom. The molecule has 0 spiro atoms. The molecule has 3 aromatic carbocycles. The Balaban J connectivity index is 1.81. The molecule has 0 aliphatic carbocycles. The summed E-state index contributed by atoms with van der Waals surface area (Å²) in [6.45, 7) is 1.96. The molecule has 0 radical (unpaired) electrons. The number of rotatable bonds is 4. The van der Waals surface area contributed by atoms with Crippen LogP contribution in [-0.2, 0) is 0 Å². The molecule has 1 aromatic heterocycles. The second kappa shape index (κ2) is 8.34. The third-order valence-corrected chi connectivity index (χ3v) is 5.20. The molecule has 0 amide bonds. The van der Waals surface area contributed by atoms with Crippen LogP contribution in [0.25, 0.3) is 22.2 Å². The van der Waals surface area contributed by atoms with Crippen LogP contribution in [-0.4, -0.2) is 18.1 Å². The van der Waals surface area contributed by atoms with Crippen LogP contribution in [0.3, 0.4) is 0 Å². The van der Waals surface area contributed by atoms with Gasteiger partial charge in [-0.25, -0.2) is 9.78 Å². The normalized spacial score (nSPS) is 10.8. The number of nitrogens with zero attached hydrogens (tertiary/aromatic N) is 1. The van der Waals surface area contributed by atoms with Crippen molar-refractivity contribution in [1.29, 1.82) is 0 Å². The summed E-state index contributed by atoms with van der Waals surface area (Å²) in [6, 6.07) is 19.7.